The van der Waals surface area contributed by atoms with Gasteiger partial charge in [0.05, 0.1) is 57.3 Å². The molecule has 4 N–H and O–H groups in total. The summed E-state index contributed by atoms with van der Waals surface area (Å²) < 4.78 is 20.9. The van der Waals surface area contributed by atoms with Crippen molar-refractivity contribution < 1.29 is 38.1 Å². The zero-order valence-electron chi connectivity index (χ0n) is 37.0. The fourth-order valence-corrected chi connectivity index (χ4v) is 13.2. The van der Waals surface area contributed by atoms with E-state index < -0.39 is 32.3 Å². The highest BCUT2D eigenvalue weighted by molar-refractivity contribution is 6.78. The van der Waals surface area contributed by atoms with E-state index in [2.05, 4.69) is 88.3 Å². The summed E-state index contributed by atoms with van der Waals surface area (Å²) in [7, 11) is 0.813. The second kappa shape index (κ2) is 18.4. The van der Waals surface area contributed by atoms with Gasteiger partial charge in [0.1, 0.15) is 23.7 Å². The molecule has 0 saturated carbocycles. The Morgan fingerprint density at radius 3 is 1.98 bits per heavy atom. The van der Waals surface area contributed by atoms with Crippen LogP contribution in [0.2, 0.25) is 19.1 Å². The quantitative estimate of drug-likeness (QED) is 0.108. The van der Waals surface area contributed by atoms with Gasteiger partial charge in [-0.2, -0.15) is 0 Å². The number of carbonyl (C=O) groups excluding carboxylic acids is 4. The fourth-order valence-electron chi connectivity index (χ4n) is 10.3. The molecule has 3 aromatic carbocycles. The molecule has 64 heavy (non-hydrogen) atoms. The summed E-state index contributed by atoms with van der Waals surface area (Å²) in [4.78, 5) is 74.0. The van der Waals surface area contributed by atoms with E-state index >= 15 is 0 Å². The Morgan fingerprint density at radius 2 is 1.34 bits per heavy atom. The minimum absolute atomic E-state index is 0.0319. The number of likely N-dealkylation sites (tertiary alicyclic amines) is 1. The molecule has 9 rings (SSSR count). The molecule has 338 valence electrons. The maximum absolute atomic E-state index is 14.4. The van der Waals surface area contributed by atoms with Crippen molar-refractivity contribution in [3.8, 4) is 22.4 Å². The number of rotatable bonds is 10. The van der Waals surface area contributed by atoms with Gasteiger partial charge in [0.25, 0.3) is 0 Å². The predicted octanol–water partition coefficient (Wildman–Crippen LogP) is 6.87. The number of hydrogen-bond acceptors (Lipinski definition) is 10. The van der Waals surface area contributed by atoms with Gasteiger partial charge in [0.2, 0.25) is 11.8 Å². The van der Waals surface area contributed by atoms with E-state index in [0.29, 0.717) is 64.8 Å². The summed E-state index contributed by atoms with van der Waals surface area (Å²) in [5.41, 5.74) is 5.73. The summed E-state index contributed by atoms with van der Waals surface area (Å²) in [5, 5.41) is 7.76. The van der Waals surface area contributed by atoms with E-state index in [1.54, 1.807) is 0 Å². The van der Waals surface area contributed by atoms with E-state index in [0.717, 1.165) is 74.7 Å². The van der Waals surface area contributed by atoms with E-state index in [1.807, 2.05) is 16.0 Å². The maximum atomic E-state index is 14.4. The number of methoxy groups -OCH3 is 2. The van der Waals surface area contributed by atoms with Gasteiger partial charge < -0.3 is 49.3 Å². The van der Waals surface area contributed by atoms with E-state index in [4.69, 9.17) is 28.9 Å². The number of imidazole rings is 2. The number of ether oxygens (including phenoxy) is 4. The zero-order chi connectivity index (χ0) is 44.5. The van der Waals surface area contributed by atoms with Crippen molar-refractivity contribution in [2.24, 2.45) is 11.8 Å². The normalized spacial score (nSPS) is 21.5. The number of aromatic nitrogens is 4. The molecule has 2 aromatic heterocycles. The predicted molar refractivity (Wildman–Crippen MR) is 243 cm³/mol. The SMILES string of the molecule is COC(=O)N[C@H](C(=O)N1CCC[C@H]1c1ncc(-c2ccc(-c3ccc4c(ccc5[nH]c([C@@H]6C[Si](C)(C)CN6C(=O)[C@@H](NC(=O)OC)C6CCOCC6)nc54)c3)cc2)[nH]1)C1CCOCC1. The zero-order valence-corrected chi connectivity index (χ0v) is 38.0. The molecule has 16 nitrogen and oxygen atoms in total. The number of fused-ring (bicyclic) bond motifs is 3. The van der Waals surface area contributed by atoms with Gasteiger partial charge in [0, 0.05) is 44.5 Å². The Hall–Kier alpha value is -5.78. The topological polar surface area (TPSA) is 193 Å². The van der Waals surface area contributed by atoms with Crippen LogP contribution >= 0.6 is 0 Å². The first-order valence-electron chi connectivity index (χ1n) is 22.5. The van der Waals surface area contributed by atoms with Crippen LogP contribution < -0.4 is 10.6 Å². The number of amides is 4. The lowest BCUT2D eigenvalue weighted by atomic mass is 9.90. The van der Waals surface area contributed by atoms with Gasteiger partial charge in [0.15, 0.2) is 0 Å². The monoisotopic (exact) mass is 890 g/mol. The number of benzene rings is 3. The minimum Gasteiger partial charge on any atom is -0.453 e. The van der Waals surface area contributed by atoms with E-state index in [1.165, 1.54) is 14.2 Å². The highest BCUT2D eigenvalue weighted by atomic mass is 28.3. The molecule has 17 heteroatoms. The standard InChI is InChI=1S/C47H58N8O8Si/c1-60-46(58)52-39(30-15-20-62-21-16-30)44(56)54-19-5-6-37(54)42-48-25-36(50-42)29-9-7-28(8-10-29)32-11-13-34-33(24-32)12-14-35-41(34)51-43(49-35)38-26-64(3,4)27-55(38)45(57)40(53-47(59)61-2)31-17-22-63-23-18-31/h7-14,24-25,30-31,37-40H,5-6,15-23,26-27H2,1-4H3,(H,48,50)(H,49,51)(H,52,58)(H,53,59)/t37-,38-,39-,40-/m0/s1. The van der Waals surface area contributed by atoms with Crippen LogP contribution in [-0.4, -0.2) is 127 Å². The molecule has 4 aliphatic heterocycles. The van der Waals surface area contributed by atoms with Crippen LogP contribution in [0.5, 0.6) is 0 Å². The number of nitrogens with one attached hydrogen (secondary N) is 4. The largest absolute Gasteiger partial charge is 0.453 e. The Balaban J connectivity index is 0.917. The van der Waals surface area contributed by atoms with Gasteiger partial charge in [-0.15, -0.1) is 0 Å². The van der Waals surface area contributed by atoms with Gasteiger partial charge >= 0.3 is 12.2 Å². The second-order valence-corrected chi connectivity index (χ2v) is 23.5. The average Bonchev–Trinajstić information content (AvgIpc) is 4.16. The highest BCUT2D eigenvalue weighted by Crippen LogP contribution is 2.40. The van der Waals surface area contributed by atoms with Crippen LogP contribution in [0, 0.1) is 11.8 Å². The third-order valence-electron chi connectivity index (χ3n) is 13.7. The first-order chi connectivity index (χ1) is 31.0. The number of carbonyl (C=O) groups is 4. The van der Waals surface area contributed by atoms with Gasteiger partial charge in [-0.3, -0.25) is 9.59 Å². The molecule has 4 atom stereocenters. The highest BCUT2D eigenvalue weighted by Gasteiger charge is 2.47. The second-order valence-electron chi connectivity index (χ2n) is 18.4. The average molecular weight is 891 g/mol. The first-order valence-corrected chi connectivity index (χ1v) is 25.9. The lowest BCUT2D eigenvalue weighted by Crippen LogP contribution is -2.53. The third-order valence-corrected chi connectivity index (χ3v) is 16.4. The number of nitrogens with zero attached hydrogens (tertiary/aromatic N) is 4. The summed E-state index contributed by atoms with van der Waals surface area (Å²) in [6, 6.07) is 18.0. The molecular formula is C47H58N8O8Si. The Labute approximate surface area is 373 Å². The molecular weight excluding hydrogens is 833 g/mol. The van der Waals surface area contributed by atoms with Crippen LogP contribution in [0.4, 0.5) is 9.59 Å². The third kappa shape index (κ3) is 8.84. The molecule has 4 saturated heterocycles. The molecule has 0 spiro atoms. The Morgan fingerprint density at radius 1 is 0.734 bits per heavy atom. The van der Waals surface area contributed by atoms with E-state index in [-0.39, 0.29) is 35.7 Å². The molecule has 0 bridgehead atoms. The Kier molecular flexibility index (Phi) is 12.5. The maximum Gasteiger partial charge on any atom is 0.407 e. The van der Waals surface area contributed by atoms with Crippen molar-refractivity contribution in [2.75, 3.05) is 53.4 Å². The molecule has 4 aliphatic rings. The molecule has 4 amide bonds. The van der Waals surface area contributed by atoms with Crippen molar-refractivity contribution >= 4 is 53.9 Å². The van der Waals surface area contributed by atoms with Gasteiger partial charge in [-0.05, 0) is 90.6 Å². The van der Waals surface area contributed by atoms with Crippen molar-refractivity contribution in [1.29, 1.82) is 0 Å². The molecule has 0 radical (unpaired) electrons. The fraction of sp³-hybridized carbons (Fsp3) is 0.489. The van der Waals surface area contributed by atoms with Crippen LogP contribution in [-0.2, 0) is 28.5 Å². The number of hydrogen-bond donors (Lipinski definition) is 4. The summed E-state index contributed by atoms with van der Waals surface area (Å²) in [5.74, 6) is 1.21. The van der Waals surface area contributed by atoms with Crippen molar-refractivity contribution in [3.05, 3.63) is 72.4 Å². The summed E-state index contributed by atoms with van der Waals surface area (Å²) in [6.45, 7) is 7.42. The smallest absolute Gasteiger partial charge is 0.407 e. The molecule has 4 fully saturated rings. The minimum atomic E-state index is -1.82. The molecule has 5 aromatic rings. The lowest BCUT2D eigenvalue weighted by Gasteiger charge is -2.34. The number of alkyl carbamates (subject to hydrolysis) is 2. The van der Waals surface area contributed by atoms with Crippen molar-refractivity contribution in [3.63, 3.8) is 0 Å². The number of H-pyrrole nitrogens is 2. The molecule has 0 aliphatic carbocycles. The summed E-state index contributed by atoms with van der Waals surface area (Å²) >= 11 is 0. The van der Waals surface area contributed by atoms with Crippen LogP contribution in [0.15, 0.2) is 60.8 Å². The van der Waals surface area contributed by atoms with Crippen molar-refractivity contribution in [2.45, 2.75) is 81.8 Å². The number of aromatic amines is 2. The Bertz CT molecular complexity index is 2510. The molecule has 6 heterocycles. The van der Waals surface area contributed by atoms with Crippen LogP contribution in [0.1, 0.15) is 62.3 Å². The van der Waals surface area contributed by atoms with Gasteiger partial charge in [-0.1, -0.05) is 55.6 Å². The van der Waals surface area contributed by atoms with Crippen molar-refractivity contribution in [1.82, 2.24) is 40.4 Å². The van der Waals surface area contributed by atoms with E-state index in [9.17, 15) is 19.2 Å². The first kappa shape index (κ1) is 43.5. The lowest BCUT2D eigenvalue weighted by molar-refractivity contribution is -0.137. The van der Waals surface area contributed by atoms with Crippen LogP contribution in [0.25, 0.3) is 44.2 Å². The molecule has 0 unspecified atom stereocenters. The van der Waals surface area contributed by atoms with Gasteiger partial charge in [-0.25, -0.2) is 19.6 Å². The van der Waals surface area contributed by atoms with Crippen LogP contribution in [0.3, 0.4) is 0 Å². The summed E-state index contributed by atoms with van der Waals surface area (Å²) in [6.07, 6.45) is 5.65.